The summed E-state index contributed by atoms with van der Waals surface area (Å²) in [5.74, 6) is -5.60. The fraction of sp³-hybridized carbons (Fsp3) is 0.357. The van der Waals surface area contributed by atoms with Crippen molar-refractivity contribution < 1.29 is 27.5 Å². The second-order valence-corrected chi connectivity index (χ2v) is 10.3. The maximum atomic E-state index is 15.6. The highest BCUT2D eigenvalue weighted by Gasteiger charge is 2.29. The van der Waals surface area contributed by atoms with E-state index in [2.05, 4.69) is 17.2 Å². The smallest absolute Gasteiger partial charge is 0.258 e. The Hall–Kier alpha value is -3.70. The van der Waals surface area contributed by atoms with E-state index in [1.807, 2.05) is 4.90 Å². The van der Waals surface area contributed by atoms with Crippen LogP contribution < -0.4 is 20.9 Å². The van der Waals surface area contributed by atoms with Gasteiger partial charge in [0.2, 0.25) is 0 Å². The molecule has 11 heteroatoms. The summed E-state index contributed by atoms with van der Waals surface area (Å²) in [6, 6.07) is 5.30. The summed E-state index contributed by atoms with van der Waals surface area (Å²) in [4.78, 5) is 20.8. The number of aliphatic hydroxyl groups is 1. The minimum Gasteiger partial charge on any atom is -0.391 e. The van der Waals surface area contributed by atoms with Gasteiger partial charge in [0.1, 0.15) is 23.3 Å². The number of halogens is 4. The van der Waals surface area contributed by atoms with Crippen LogP contribution in [-0.2, 0) is 0 Å². The third kappa shape index (κ3) is 5.41. The Morgan fingerprint density at radius 1 is 1.03 bits per heavy atom. The van der Waals surface area contributed by atoms with Gasteiger partial charge in [0.25, 0.3) is 5.91 Å². The molecular formula is C28H29F4N5O2. The number of hydrogen-bond acceptors (Lipinski definition) is 6. The Morgan fingerprint density at radius 3 is 2.44 bits per heavy atom. The quantitative estimate of drug-likeness (QED) is 0.416. The number of carbonyl (C=O) groups excluding carboxylic acids is 1. The topological polar surface area (TPSA) is 94.7 Å². The predicted octanol–water partition coefficient (Wildman–Crippen LogP) is 4.30. The van der Waals surface area contributed by atoms with E-state index in [1.165, 1.54) is 6.20 Å². The lowest BCUT2D eigenvalue weighted by molar-refractivity contribution is 0.102. The molecule has 2 aromatic carbocycles. The Balaban J connectivity index is 1.46. The second kappa shape index (κ2) is 10.8. The van der Waals surface area contributed by atoms with Crippen LogP contribution in [0.15, 0.2) is 42.7 Å². The minimum absolute atomic E-state index is 0.0608. The number of rotatable bonds is 5. The van der Waals surface area contributed by atoms with Crippen molar-refractivity contribution in [3.63, 3.8) is 0 Å². The average molecular weight is 544 g/mol. The maximum absolute atomic E-state index is 15.6. The van der Waals surface area contributed by atoms with Crippen molar-refractivity contribution in [3.8, 4) is 11.1 Å². The van der Waals surface area contributed by atoms with Gasteiger partial charge < -0.3 is 26.0 Å². The molecule has 4 N–H and O–H groups in total. The SMILES string of the molecule is C[C@@H]1C[C@H](N)CN(c2ccncc2NC(=O)c2ccc(F)c(-c3c(F)cc(N4CC[C@@H](O)C4)cc3F)c2F)C1. The highest BCUT2D eigenvalue weighted by molar-refractivity contribution is 6.06. The summed E-state index contributed by atoms with van der Waals surface area (Å²) < 4.78 is 60.7. The van der Waals surface area contributed by atoms with E-state index in [9.17, 15) is 14.3 Å². The third-order valence-corrected chi connectivity index (χ3v) is 7.22. The molecule has 1 amide bonds. The zero-order valence-electron chi connectivity index (χ0n) is 21.3. The summed E-state index contributed by atoms with van der Waals surface area (Å²) in [5.41, 5.74) is 4.78. The molecule has 1 aromatic heterocycles. The normalized spacial score (nSPS) is 21.4. The van der Waals surface area contributed by atoms with Crippen molar-refractivity contribution in [2.75, 3.05) is 41.3 Å². The predicted molar refractivity (Wildman–Crippen MR) is 141 cm³/mol. The van der Waals surface area contributed by atoms with Gasteiger partial charge in [0.15, 0.2) is 0 Å². The molecule has 206 valence electrons. The van der Waals surface area contributed by atoms with Gasteiger partial charge in [0.05, 0.1) is 40.4 Å². The lowest BCUT2D eigenvalue weighted by Crippen LogP contribution is -2.46. The van der Waals surface area contributed by atoms with Crippen LogP contribution in [-0.4, -0.2) is 54.3 Å². The number of carbonyl (C=O) groups is 1. The highest BCUT2D eigenvalue weighted by atomic mass is 19.1. The van der Waals surface area contributed by atoms with Gasteiger partial charge in [-0.15, -0.1) is 0 Å². The van der Waals surface area contributed by atoms with Gasteiger partial charge >= 0.3 is 0 Å². The molecule has 3 aromatic rings. The van der Waals surface area contributed by atoms with Crippen LogP contribution in [0.4, 0.5) is 34.6 Å². The number of nitrogens with two attached hydrogens (primary N) is 1. The first-order chi connectivity index (χ1) is 18.6. The summed E-state index contributed by atoms with van der Waals surface area (Å²) >= 11 is 0. The molecule has 2 aliphatic rings. The zero-order chi connectivity index (χ0) is 27.8. The number of benzene rings is 2. The van der Waals surface area contributed by atoms with Crippen molar-refractivity contribution in [3.05, 3.63) is 71.6 Å². The summed E-state index contributed by atoms with van der Waals surface area (Å²) in [5, 5.41) is 12.3. The number of nitrogens with one attached hydrogen (secondary N) is 1. The Kier molecular flexibility index (Phi) is 7.46. The summed E-state index contributed by atoms with van der Waals surface area (Å²) in [7, 11) is 0. The number of nitrogens with zero attached hydrogens (tertiary/aromatic N) is 3. The van der Waals surface area contributed by atoms with Crippen LogP contribution in [0.5, 0.6) is 0 Å². The molecule has 0 radical (unpaired) electrons. The second-order valence-electron chi connectivity index (χ2n) is 10.3. The van der Waals surface area contributed by atoms with E-state index in [-0.39, 0.29) is 18.3 Å². The molecule has 0 aliphatic carbocycles. The first-order valence-corrected chi connectivity index (χ1v) is 12.8. The molecule has 0 bridgehead atoms. The third-order valence-electron chi connectivity index (χ3n) is 7.22. The number of piperidine rings is 1. The molecule has 2 fully saturated rings. The monoisotopic (exact) mass is 543 g/mol. The van der Waals surface area contributed by atoms with Gasteiger partial charge in [-0.3, -0.25) is 9.78 Å². The average Bonchev–Trinajstić information content (AvgIpc) is 3.31. The Labute approximate surface area is 223 Å². The number of aliphatic hydroxyl groups excluding tert-OH is 1. The van der Waals surface area contributed by atoms with Gasteiger partial charge in [-0.2, -0.15) is 0 Å². The van der Waals surface area contributed by atoms with Crippen molar-refractivity contribution in [1.29, 1.82) is 0 Å². The molecule has 0 unspecified atom stereocenters. The van der Waals surface area contributed by atoms with Gasteiger partial charge in [0, 0.05) is 44.1 Å². The van der Waals surface area contributed by atoms with Crippen LogP contribution >= 0.6 is 0 Å². The molecule has 2 saturated heterocycles. The van der Waals surface area contributed by atoms with Crippen LogP contribution in [0.3, 0.4) is 0 Å². The van der Waals surface area contributed by atoms with Crippen LogP contribution in [0.1, 0.15) is 30.1 Å². The number of β-amino-alcohol motifs (C(OH)–C–C–N with tert-alkyl or cyclic N) is 1. The molecular weight excluding hydrogens is 514 g/mol. The van der Waals surface area contributed by atoms with Gasteiger partial charge in [-0.25, -0.2) is 17.6 Å². The standard InChI is InChI=1S/C28H29F4N5O2/c1-15-8-16(33)13-37(12-15)24-4-6-34-11-23(24)35-28(39)19-2-3-20(29)26(27(19)32)25-21(30)9-17(10-22(25)31)36-7-5-18(38)14-36/h2-4,6,9-11,15-16,18,38H,5,7-8,12-14,33H2,1H3,(H,35,39)/t15-,16+,18-/m1/s1. The minimum atomic E-state index is -1.39. The van der Waals surface area contributed by atoms with Crippen molar-refractivity contribution >= 4 is 23.0 Å². The Bertz CT molecular complexity index is 1370. The number of amides is 1. The number of aromatic nitrogens is 1. The fourth-order valence-electron chi connectivity index (χ4n) is 5.46. The van der Waals surface area contributed by atoms with Crippen LogP contribution in [0.25, 0.3) is 11.1 Å². The van der Waals surface area contributed by atoms with Gasteiger partial charge in [-0.1, -0.05) is 6.92 Å². The molecule has 3 heterocycles. The maximum Gasteiger partial charge on any atom is 0.258 e. The molecule has 5 rings (SSSR count). The largest absolute Gasteiger partial charge is 0.391 e. The van der Waals surface area contributed by atoms with E-state index in [1.54, 1.807) is 17.2 Å². The molecule has 39 heavy (non-hydrogen) atoms. The van der Waals surface area contributed by atoms with Crippen molar-refractivity contribution in [2.45, 2.75) is 31.9 Å². The van der Waals surface area contributed by atoms with E-state index < -0.39 is 52.0 Å². The van der Waals surface area contributed by atoms with Crippen LogP contribution in [0, 0.1) is 29.2 Å². The first-order valence-electron chi connectivity index (χ1n) is 12.8. The molecule has 3 atom stereocenters. The van der Waals surface area contributed by atoms with Gasteiger partial charge in [-0.05, 0) is 49.1 Å². The van der Waals surface area contributed by atoms with Crippen LogP contribution in [0.2, 0.25) is 0 Å². The highest BCUT2D eigenvalue weighted by Crippen LogP contribution is 2.36. The lowest BCUT2D eigenvalue weighted by atomic mass is 9.96. The zero-order valence-corrected chi connectivity index (χ0v) is 21.3. The summed E-state index contributed by atoms with van der Waals surface area (Å²) in [6.07, 6.45) is 3.64. The fourth-order valence-corrected chi connectivity index (χ4v) is 5.46. The van der Waals surface area contributed by atoms with E-state index in [4.69, 9.17) is 5.73 Å². The first kappa shape index (κ1) is 26.9. The molecule has 7 nitrogen and oxygen atoms in total. The van der Waals surface area contributed by atoms with E-state index in [0.717, 1.165) is 30.7 Å². The molecule has 0 saturated carbocycles. The number of pyridine rings is 1. The van der Waals surface area contributed by atoms with E-state index >= 15 is 13.2 Å². The van der Waals surface area contributed by atoms with Crippen molar-refractivity contribution in [2.24, 2.45) is 11.7 Å². The summed E-state index contributed by atoms with van der Waals surface area (Å²) in [6.45, 7) is 3.89. The number of anilines is 3. The number of hydrogen-bond donors (Lipinski definition) is 3. The lowest BCUT2D eigenvalue weighted by Gasteiger charge is -2.37. The van der Waals surface area contributed by atoms with Crippen molar-refractivity contribution in [1.82, 2.24) is 4.98 Å². The molecule has 0 spiro atoms. The molecule has 2 aliphatic heterocycles. The Morgan fingerprint density at radius 2 is 1.77 bits per heavy atom. The van der Waals surface area contributed by atoms with E-state index in [0.29, 0.717) is 43.3 Å².